The zero-order chi connectivity index (χ0) is 21.3. The van der Waals surface area contributed by atoms with Gasteiger partial charge in [-0.15, -0.1) is 13.2 Å². The molecule has 2 rings (SSSR count). The Labute approximate surface area is 165 Å². The van der Waals surface area contributed by atoms with E-state index in [1.54, 1.807) is 24.3 Å². The Morgan fingerprint density at radius 3 is 2.52 bits per heavy atom. The van der Waals surface area contributed by atoms with Crippen LogP contribution >= 0.6 is 0 Å². The summed E-state index contributed by atoms with van der Waals surface area (Å²) in [7, 11) is 1.46. The van der Waals surface area contributed by atoms with Crippen LogP contribution in [0.2, 0.25) is 0 Å². The van der Waals surface area contributed by atoms with Gasteiger partial charge in [-0.1, -0.05) is 18.2 Å². The molecule has 0 unspecified atom stereocenters. The van der Waals surface area contributed by atoms with E-state index in [-0.39, 0.29) is 24.8 Å². The molecule has 1 N–H and O–H groups in total. The van der Waals surface area contributed by atoms with Crippen LogP contribution in [0.5, 0.6) is 17.2 Å². The first-order chi connectivity index (χ1) is 13.8. The molecule has 0 aliphatic rings. The quantitative estimate of drug-likeness (QED) is 0.674. The second kappa shape index (κ2) is 10.0. The number of rotatable bonds is 8. The molecule has 0 saturated heterocycles. The Bertz CT molecular complexity index is 903. The molecule has 0 bridgehead atoms. The maximum Gasteiger partial charge on any atom is 0.573 e. The minimum Gasteiger partial charge on any atom is -0.493 e. The van der Waals surface area contributed by atoms with Crippen LogP contribution in [-0.2, 0) is 11.3 Å². The normalized spacial score (nSPS) is 11.0. The lowest BCUT2D eigenvalue weighted by molar-refractivity contribution is -0.274. The number of hydrogen-bond acceptors (Lipinski definition) is 5. The number of nitrogens with zero attached hydrogens (tertiary/aromatic N) is 1. The van der Waals surface area contributed by atoms with Crippen LogP contribution in [0, 0.1) is 11.3 Å². The van der Waals surface area contributed by atoms with E-state index < -0.39 is 6.36 Å². The standard InChI is InChI=1S/C20H17F3N2O4/c1-27-18-12-14(4-8-17(18)28-11-10-24)5-9-19(26)25-13-15-2-6-16(7-3-15)29-20(21,22)23/h2-9,12H,11,13H2,1H3,(H,25,26)/b9-5+. The molecule has 0 aliphatic heterocycles. The molecule has 0 saturated carbocycles. The van der Waals surface area contributed by atoms with Crippen molar-refractivity contribution in [2.24, 2.45) is 0 Å². The lowest BCUT2D eigenvalue weighted by Crippen LogP contribution is -2.20. The van der Waals surface area contributed by atoms with Crippen molar-refractivity contribution in [3.8, 4) is 23.3 Å². The molecule has 1 amide bonds. The van der Waals surface area contributed by atoms with Gasteiger partial charge in [0.25, 0.3) is 0 Å². The zero-order valence-corrected chi connectivity index (χ0v) is 15.3. The van der Waals surface area contributed by atoms with Gasteiger partial charge in [-0.25, -0.2) is 0 Å². The first-order valence-electron chi connectivity index (χ1n) is 8.29. The van der Waals surface area contributed by atoms with E-state index in [4.69, 9.17) is 14.7 Å². The van der Waals surface area contributed by atoms with Gasteiger partial charge in [-0.3, -0.25) is 4.79 Å². The summed E-state index contributed by atoms with van der Waals surface area (Å²) in [5.41, 5.74) is 1.29. The maximum absolute atomic E-state index is 12.1. The molecule has 0 aromatic heterocycles. The lowest BCUT2D eigenvalue weighted by Gasteiger charge is -2.09. The molecule has 0 aliphatic carbocycles. The molecular weight excluding hydrogens is 389 g/mol. The Morgan fingerprint density at radius 2 is 1.90 bits per heavy atom. The number of methoxy groups -OCH3 is 1. The Hall–Kier alpha value is -3.67. The number of ether oxygens (including phenoxy) is 3. The van der Waals surface area contributed by atoms with Gasteiger partial charge < -0.3 is 19.5 Å². The topological polar surface area (TPSA) is 80.6 Å². The van der Waals surface area contributed by atoms with Gasteiger partial charge in [0, 0.05) is 12.6 Å². The van der Waals surface area contributed by atoms with Crippen LogP contribution < -0.4 is 19.5 Å². The van der Waals surface area contributed by atoms with E-state index in [0.29, 0.717) is 22.6 Å². The highest BCUT2D eigenvalue weighted by Crippen LogP contribution is 2.28. The van der Waals surface area contributed by atoms with Crippen LogP contribution in [0.15, 0.2) is 48.5 Å². The fourth-order valence-corrected chi connectivity index (χ4v) is 2.25. The number of hydrogen-bond donors (Lipinski definition) is 1. The summed E-state index contributed by atoms with van der Waals surface area (Å²) in [5, 5.41) is 11.2. The third-order valence-corrected chi connectivity index (χ3v) is 3.53. The van der Waals surface area contributed by atoms with E-state index in [1.165, 1.54) is 37.5 Å². The van der Waals surface area contributed by atoms with E-state index >= 15 is 0 Å². The molecule has 6 nitrogen and oxygen atoms in total. The highest BCUT2D eigenvalue weighted by Gasteiger charge is 2.30. The SMILES string of the molecule is COc1cc(/C=C/C(=O)NCc2ccc(OC(F)(F)F)cc2)ccc1OCC#N. The van der Waals surface area contributed by atoms with Gasteiger partial charge in [0.1, 0.15) is 11.8 Å². The molecule has 0 atom stereocenters. The van der Waals surface area contributed by atoms with E-state index in [0.717, 1.165) is 0 Å². The summed E-state index contributed by atoms with van der Waals surface area (Å²) < 4.78 is 50.6. The molecule has 0 spiro atoms. The fourth-order valence-electron chi connectivity index (χ4n) is 2.25. The van der Waals surface area contributed by atoms with Gasteiger partial charge in [0.15, 0.2) is 18.1 Å². The van der Waals surface area contributed by atoms with Gasteiger partial charge in [0.05, 0.1) is 7.11 Å². The number of carbonyl (C=O) groups excluding carboxylic acids is 1. The van der Waals surface area contributed by atoms with Crippen LogP contribution in [-0.4, -0.2) is 26.0 Å². The molecule has 0 radical (unpaired) electrons. The predicted molar refractivity (Wildman–Crippen MR) is 98.1 cm³/mol. The van der Waals surface area contributed by atoms with E-state index in [1.807, 2.05) is 6.07 Å². The number of carbonyl (C=O) groups is 1. The number of nitriles is 1. The smallest absolute Gasteiger partial charge is 0.493 e. The van der Waals surface area contributed by atoms with Crippen molar-refractivity contribution in [1.82, 2.24) is 5.32 Å². The third kappa shape index (κ3) is 7.46. The van der Waals surface area contributed by atoms with E-state index in [9.17, 15) is 18.0 Å². The van der Waals surface area contributed by atoms with Crippen LogP contribution in [0.4, 0.5) is 13.2 Å². The summed E-state index contributed by atoms with van der Waals surface area (Å²) in [6, 6.07) is 12.0. The fraction of sp³-hybridized carbons (Fsp3) is 0.200. The molecule has 2 aromatic rings. The number of benzene rings is 2. The predicted octanol–water partition coefficient (Wildman–Crippen LogP) is 3.83. The van der Waals surface area contributed by atoms with Crippen molar-refractivity contribution >= 4 is 12.0 Å². The highest BCUT2D eigenvalue weighted by atomic mass is 19.4. The number of alkyl halides is 3. The maximum atomic E-state index is 12.1. The largest absolute Gasteiger partial charge is 0.573 e. The molecule has 152 valence electrons. The van der Waals surface area contributed by atoms with Crippen molar-refractivity contribution in [3.63, 3.8) is 0 Å². The average Bonchev–Trinajstić information content (AvgIpc) is 2.69. The second-order valence-corrected chi connectivity index (χ2v) is 5.60. The highest BCUT2D eigenvalue weighted by molar-refractivity contribution is 5.91. The molecule has 0 fully saturated rings. The lowest BCUT2D eigenvalue weighted by atomic mass is 10.2. The molecule has 29 heavy (non-hydrogen) atoms. The van der Waals surface area contributed by atoms with E-state index in [2.05, 4.69) is 10.1 Å². The third-order valence-electron chi connectivity index (χ3n) is 3.53. The van der Waals surface area contributed by atoms with Gasteiger partial charge in [-0.05, 0) is 41.5 Å². The summed E-state index contributed by atoms with van der Waals surface area (Å²) in [6.07, 6.45) is -1.87. The number of nitrogens with one attached hydrogen (secondary N) is 1. The van der Waals surface area contributed by atoms with Crippen molar-refractivity contribution in [2.45, 2.75) is 12.9 Å². The monoisotopic (exact) mass is 406 g/mol. The molecule has 9 heteroatoms. The number of halogens is 3. The Morgan fingerprint density at radius 1 is 1.17 bits per heavy atom. The first kappa shape index (κ1) is 21.6. The first-order valence-corrected chi connectivity index (χ1v) is 8.29. The molecule has 0 heterocycles. The summed E-state index contributed by atoms with van der Waals surface area (Å²) >= 11 is 0. The van der Waals surface area contributed by atoms with Crippen molar-refractivity contribution in [1.29, 1.82) is 5.26 Å². The summed E-state index contributed by atoms with van der Waals surface area (Å²) in [6.45, 7) is 0.0248. The Kier molecular flexibility index (Phi) is 7.48. The number of amides is 1. The van der Waals surface area contributed by atoms with Crippen molar-refractivity contribution in [3.05, 3.63) is 59.7 Å². The summed E-state index contributed by atoms with van der Waals surface area (Å²) in [5.74, 6) is 0.116. The minimum absolute atomic E-state index is 0.114. The van der Waals surface area contributed by atoms with Crippen molar-refractivity contribution in [2.75, 3.05) is 13.7 Å². The van der Waals surface area contributed by atoms with Crippen LogP contribution in [0.3, 0.4) is 0 Å². The average molecular weight is 406 g/mol. The van der Waals surface area contributed by atoms with Gasteiger partial charge in [0.2, 0.25) is 5.91 Å². The Balaban J connectivity index is 1.90. The van der Waals surface area contributed by atoms with Gasteiger partial charge in [-0.2, -0.15) is 5.26 Å². The summed E-state index contributed by atoms with van der Waals surface area (Å²) in [4.78, 5) is 11.9. The van der Waals surface area contributed by atoms with Crippen LogP contribution in [0.1, 0.15) is 11.1 Å². The van der Waals surface area contributed by atoms with Crippen LogP contribution in [0.25, 0.3) is 6.08 Å². The molecule has 2 aromatic carbocycles. The van der Waals surface area contributed by atoms with Gasteiger partial charge >= 0.3 is 6.36 Å². The second-order valence-electron chi connectivity index (χ2n) is 5.60. The van der Waals surface area contributed by atoms with Crippen molar-refractivity contribution < 1.29 is 32.2 Å². The molecular formula is C20H17F3N2O4. The zero-order valence-electron chi connectivity index (χ0n) is 15.3. The minimum atomic E-state index is -4.75.